The second-order valence-electron chi connectivity index (χ2n) is 13.6. The number of rotatable bonds is 4. The molecule has 0 aliphatic rings. The molecule has 11 aromatic rings. The molecule has 0 spiro atoms. The smallest absolute Gasteiger partial charge is 0.143 e. The third kappa shape index (κ3) is 4.31. The Morgan fingerprint density at radius 3 is 1.38 bits per heavy atom. The molecular formula is C50H30O2. The highest BCUT2D eigenvalue weighted by Crippen LogP contribution is 2.46. The van der Waals surface area contributed by atoms with Gasteiger partial charge in [-0.05, 0) is 90.8 Å². The molecule has 2 nitrogen and oxygen atoms in total. The molecule has 2 heterocycles. The largest absolute Gasteiger partial charge is 0.456 e. The van der Waals surface area contributed by atoms with Crippen molar-refractivity contribution in [3.63, 3.8) is 0 Å². The molecule has 9 aromatic carbocycles. The first-order valence-corrected chi connectivity index (χ1v) is 17.8. The van der Waals surface area contributed by atoms with Gasteiger partial charge in [0.15, 0.2) is 0 Å². The molecule has 0 amide bonds. The van der Waals surface area contributed by atoms with E-state index in [1.54, 1.807) is 0 Å². The second kappa shape index (κ2) is 11.3. The minimum absolute atomic E-state index is 0.879. The molecule has 11 rings (SSSR count). The first-order valence-electron chi connectivity index (χ1n) is 17.8. The number of hydrogen-bond donors (Lipinski definition) is 0. The van der Waals surface area contributed by atoms with Crippen LogP contribution in [0.5, 0.6) is 0 Å². The molecule has 0 aliphatic heterocycles. The van der Waals surface area contributed by atoms with Crippen molar-refractivity contribution in [2.75, 3.05) is 0 Å². The van der Waals surface area contributed by atoms with E-state index in [1.807, 2.05) is 18.2 Å². The van der Waals surface area contributed by atoms with Crippen LogP contribution in [0.3, 0.4) is 0 Å². The van der Waals surface area contributed by atoms with Gasteiger partial charge in [-0.15, -0.1) is 0 Å². The van der Waals surface area contributed by atoms with Crippen molar-refractivity contribution in [3.8, 4) is 44.5 Å². The van der Waals surface area contributed by atoms with Crippen molar-refractivity contribution in [2.45, 2.75) is 0 Å². The van der Waals surface area contributed by atoms with E-state index in [2.05, 4.69) is 164 Å². The van der Waals surface area contributed by atoms with E-state index >= 15 is 0 Å². The van der Waals surface area contributed by atoms with Crippen LogP contribution in [0.2, 0.25) is 0 Å². The monoisotopic (exact) mass is 662 g/mol. The Bertz CT molecular complexity index is 3100. The Kier molecular flexibility index (Phi) is 6.28. The van der Waals surface area contributed by atoms with Gasteiger partial charge in [0.2, 0.25) is 0 Å². The van der Waals surface area contributed by atoms with E-state index in [0.29, 0.717) is 0 Å². The van der Waals surface area contributed by atoms with Crippen molar-refractivity contribution in [1.29, 1.82) is 0 Å². The Balaban J connectivity index is 1.08. The fourth-order valence-corrected chi connectivity index (χ4v) is 8.36. The highest BCUT2D eigenvalue weighted by Gasteiger charge is 2.20. The second-order valence-corrected chi connectivity index (χ2v) is 13.6. The first kappa shape index (κ1) is 28.9. The van der Waals surface area contributed by atoms with Gasteiger partial charge in [0.05, 0.1) is 0 Å². The molecule has 2 aromatic heterocycles. The molecule has 0 bridgehead atoms. The Morgan fingerprint density at radius 2 is 0.731 bits per heavy atom. The Hall–Kier alpha value is -6.90. The standard InChI is InChI=1S/C50H30O2/c1-2-12-32(13-3-1)47-39-15-4-6-17-41(39)48(42-18-7-5-16-40(42)47)33-24-22-31(23-25-33)36-29-28-35(49-43-19-9-11-21-45(43)52-50(36)49)34-26-27-38-37-14-8-10-20-44(37)51-46(38)30-34/h1-30H. The fraction of sp³-hybridized carbons (Fsp3) is 0. The minimum Gasteiger partial charge on any atom is -0.456 e. The summed E-state index contributed by atoms with van der Waals surface area (Å²) in [5.74, 6) is 0. The van der Waals surface area contributed by atoms with Crippen LogP contribution in [-0.2, 0) is 0 Å². The number of fused-ring (bicyclic) bond motifs is 8. The topological polar surface area (TPSA) is 26.3 Å². The van der Waals surface area contributed by atoms with Crippen LogP contribution in [0, 0.1) is 0 Å². The third-order valence-corrected chi connectivity index (χ3v) is 10.7. The van der Waals surface area contributed by atoms with Gasteiger partial charge in [0.25, 0.3) is 0 Å². The SMILES string of the molecule is c1ccc(-c2c3ccccc3c(-c3ccc(-c4ccc(-c5ccc6c(c5)oc5ccccc56)c5c4oc4ccccc45)cc3)c3ccccc23)cc1. The molecule has 0 aliphatic carbocycles. The molecule has 0 saturated carbocycles. The lowest BCUT2D eigenvalue weighted by molar-refractivity contribution is 0.668. The van der Waals surface area contributed by atoms with Gasteiger partial charge >= 0.3 is 0 Å². The minimum atomic E-state index is 0.879. The summed E-state index contributed by atoms with van der Waals surface area (Å²) >= 11 is 0. The molecule has 0 radical (unpaired) electrons. The summed E-state index contributed by atoms with van der Waals surface area (Å²) in [7, 11) is 0. The molecule has 2 heteroatoms. The quantitative estimate of drug-likeness (QED) is 0.175. The van der Waals surface area contributed by atoms with E-state index < -0.39 is 0 Å². The van der Waals surface area contributed by atoms with E-state index in [9.17, 15) is 0 Å². The van der Waals surface area contributed by atoms with Gasteiger partial charge in [0, 0.05) is 27.1 Å². The Morgan fingerprint density at radius 1 is 0.269 bits per heavy atom. The summed E-state index contributed by atoms with van der Waals surface area (Å²) < 4.78 is 13.0. The van der Waals surface area contributed by atoms with E-state index in [4.69, 9.17) is 8.83 Å². The zero-order chi connectivity index (χ0) is 34.2. The van der Waals surface area contributed by atoms with Crippen molar-refractivity contribution < 1.29 is 8.83 Å². The van der Waals surface area contributed by atoms with E-state index in [1.165, 1.54) is 43.8 Å². The predicted octanol–water partition coefficient (Wildman–Crippen LogP) is 14.5. The van der Waals surface area contributed by atoms with Crippen LogP contribution >= 0.6 is 0 Å². The third-order valence-electron chi connectivity index (χ3n) is 10.7. The number of hydrogen-bond acceptors (Lipinski definition) is 2. The molecule has 52 heavy (non-hydrogen) atoms. The average Bonchev–Trinajstić information content (AvgIpc) is 3.79. The zero-order valence-electron chi connectivity index (χ0n) is 28.1. The van der Waals surface area contributed by atoms with Crippen molar-refractivity contribution in [1.82, 2.24) is 0 Å². The van der Waals surface area contributed by atoms with Crippen molar-refractivity contribution in [3.05, 3.63) is 182 Å². The zero-order valence-corrected chi connectivity index (χ0v) is 28.1. The predicted molar refractivity (Wildman–Crippen MR) is 218 cm³/mol. The normalized spacial score (nSPS) is 11.8. The Labute approximate surface area is 299 Å². The summed E-state index contributed by atoms with van der Waals surface area (Å²) in [6.45, 7) is 0. The molecule has 0 unspecified atom stereocenters. The van der Waals surface area contributed by atoms with Crippen molar-refractivity contribution in [2.24, 2.45) is 0 Å². The molecular weight excluding hydrogens is 633 g/mol. The summed E-state index contributed by atoms with van der Waals surface area (Å²) in [6.07, 6.45) is 0. The van der Waals surface area contributed by atoms with E-state index in [-0.39, 0.29) is 0 Å². The fourth-order valence-electron chi connectivity index (χ4n) is 8.36. The lowest BCUT2D eigenvalue weighted by Crippen LogP contribution is -1.91. The molecule has 0 N–H and O–H groups in total. The van der Waals surface area contributed by atoms with Crippen LogP contribution in [0.15, 0.2) is 191 Å². The van der Waals surface area contributed by atoms with Crippen LogP contribution in [0.4, 0.5) is 0 Å². The van der Waals surface area contributed by atoms with E-state index in [0.717, 1.165) is 66.1 Å². The summed E-state index contributed by atoms with van der Waals surface area (Å²) in [4.78, 5) is 0. The first-order chi connectivity index (χ1) is 25.8. The lowest BCUT2D eigenvalue weighted by atomic mass is 9.85. The maximum atomic E-state index is 6.70. The molecule has 0 saturated heterocycles. The van der Waals surface area contributed by atoms with Gasteiger partial charge < -0.3 is 8.83 Å². The lowest BCUT2D eigenvalue weighted by Gasteiger charge is -2.18. The number of para-hydroxylation sites is 2. The van der Waals surface area contributed by atoms with Gasteiger partial charge in [0.1, 0.15) is 22.3 Å². The summed E-state index contributed by atoms with van der Waals surface area (Å²) in [6, 6.07) is 64.9. The molecule has 242 valence electrons. The number of benzene rings is 9. The highest BCUT2D eigenvalue weighted by atomic mass is 16.3. The van der Waals surface area contributed by atoms with Crippen molar-refractivity contribution >= 4 is 65.4 Å². The maximum absolute atomic E-state index is 6.70. The number of furan rings is 2. The summed E-state index contributed by atoms with van der Waals surface area (Å²) in [5, 5.41) is 9.48. The average molecular weight is 663 g/mol. The van der Waals surface area contributed by atoms with Crippen LogP contribution in [-0.4, -0.2) is 0 Å². The molecule has 0 atom stereocenters. The summed E-state index contributed by atoms with van der Waals surface area (Å²) in [5.41, 5.74) is 12.9. The van der Waals surface area contributed by atoms with Gasteiger partial charge in [-0.2, -0.15) is 0 Å². The van der Waals surface area contributed by atoms with Gasteiger partial charge in [-0.1, -0.05) is 152 Å². The highest BCUT2D eigenvalue weighted by molar-refractivity contribution is 6.22. The maximum Gasteiger partial charge on any atom is 0.143 e. The van der Waals surface area contributed by atoms with Gasteiger partial charge in [-0.3, -0.25) is 0 Å². The molecule has 0 fully saturated rings. The van der Waals surface area contributed by atoms with Crippen LogP contribution in [0.25, 0.3) is 110 Å². The van der Waals surface area contributed by atoms with Crippen LogP contribution in [0.1, 0.15) is 0 Å². The van der Waals surface area contributed by atoms with Gasteiger partial charge in [-0.25, -0.2) is 0 Å². The van der Waals surface area contributed by atoms with Crippen LogP contribution < -0.4 is 0 Å².